The highest BCUT2D eigenvalue weighted by molar-refractivity contribution is 6.30. The van der Waals surface area contributed by atoms with E-state index in [2.05, 4.69) is 0 Å². The van der Waals surface area contributed by atoms with Crippen LogP contribution in [0.1, 0.15) is 18.4 Å². The Morgan fingerprint density at radius 3 is 2.67 bits per heavy atom. The van der Waals surface area contributed by atoms with Crippen LogP contribution in [0.15, 0.2) is 42.5 Å². The van der Waals surface area contributed by atoms with Crippen LogP contribution < -0.4 is 4.74 Å². The summed E-state index contributed by atoms with van der Waals surface area (Å²) in [6.07, 6.45) is 1.48. The number of carbonyl (C=O) groups excluding carboxylic acids is 1. The highest BCUT2D eigenvalue weighted by Gasteiger charge is 2.24. The smallest absolute Gasteiger partial charge is 0.260 e. The fourth-order valence-electron chi connectivity index (χ4n) is 2.91. The summed E-state index contributed by atoms with van der Waals surface area (Å²) in [4.78, 5) is 14.1. The van der Waals surface area contributed by atoms with Crippen LogP contribution in [0.2, 0.25) is 5.02 Å². The molecule has 2 aromatic carbocycles. The first-order valence-electron chi connectivity index (χ1n) is 8.73. The number of hydrogen-bond donors (Lipinski definition) is 0. The van der Waals surface area contributed by atoms with Gasteiger partial charge in [0.25, 0.3) is 5.91 Å². The number of benzene rings is 2. The van der Waals surface area contributed by atoms with Crippen molar-refractivity contribution in [2.75, 3.05) is 19.7 Å². The lowest BCUT2D eigenvalue weighted by Gasteiger charge is -2.32. The first kappa shape index (κ1) is 19.6. The Bertz CT molecular complexity index is 785. The molecule has 0 unspecified atom stereocenters. The summed E-state index contributed by atoms with van der Waals surface area (Å²) in [6, 6.07) is 10.5. The van der Waals surface area contributed by atoms with Crippen LogP contribution in [0.3, 0.4) is 0 Å². The van der Waals surface area contributed by atoms with Gasteiger partial charge in [-0.25, -0.2) is 8.78 Å². The van der Waals surface area contributed by atoms with Crippen molar-refractivity contribution in [2.24, 2.45) is 0 Å². The highest BCUT2D eigenvalue weighted by atomic mass is 35.5. The molecule has 3 rings (SSSR count). The molecule has 0 radical (unpaired) electrons. The SMILES string of the molecule is O=C(COc1ccc(Cl)cc1)N1CCC[C@@H](OCc2ccc(F)c(F)c2)C1. The molecule has 144 valence electrons. The van der Waals surface area contributed by atoms with Crippen LogP contribution in [0.5, 0.6) is 5.75 Å². The first-order valence-corrected chi connectivity index (χ1v) is 9.11. The summed E-state index contributed by atoms with van der Waals surface area (Å²) in [5, 5.41) is 0.603. The molecule has 4 nitrogen and oxygen atoms in total. The minimum absolute atomic E-state index is 0.0580. The quantitative estimate of drug-likeness (QED) is 0.735. The van der Waals surface area contributed by atoms with Gasteiger partial charge >= 0.3 is 0 Å². The summed E-state index contributed by atoms with van der Waals surface area (Å²) in [6.45, 7) is 1.21. The Morgan fingerprint density at radius 2 is 1.93 bits per heavy atom. The van der Waals surface area contributed by atoms with Crippen LogP contribution in [0.4, 0.5) is 8.78 Å². The molecule has 7 heteroatoms. The summed E-state index contributed by atoms with van der Waals surface area (Å²) < 4.78 is 37.5. The van der Waals surface area contributed by atoms with E-state index in [-0.39, 0.29) is 25.2 Å². The van der Waals surface area contributed by atoms with Crippen molar-refractivity contribution in [3.63, 3.8) is 0 Å². The second kappa shape index (κ2) is 9.15. The van der Waals surface area contributed by atoms with E-state index in [1.54, 1.807) is 29.2 Å². The van der Waals surface area contributed by atoms with Gasteiger partial charge in [-0.1, -0.05) is 17.7 Å². The van der Waals surface area contributed by atoms with Gasteiger partial charge in [-0.2, -0.15) is 0 Å². The van der Waals surface area contributed by atoms with Crippen molar-refractivity contribution in [1.82, 2.24) is 4.90 Å². The maximum Gasteiger partial charge on any atom is 0.260 e. The zero-order valence-electron chi connectivity index (χ0n) is 14.7. The number of carbonyl (C=O) groups is 1. The Kier molecular flexibility index (Phi) is 6.63. The van der Waals surface area contributed by atoms with Crippen molar-refractivity contribution in [3.05, 3.63) is 64.7 Å². The Balaban J connectivity index is 1.47. The van der Waals surface area contributed by atoms with Crippen molar-refractivity contribution in [2.45, 2.75) is 25.6 Å². The van der Waals surface area contributed by atoms with E-state index in [4.69, 9.17) is 21.1 Å². The first-order chi connectivity index (χ1) is 13.0. The molecule has 0 aromatic heterocycles. The van der Waals surface area contributed by atoms with Gasteiger partial charge in [0.2, 0.25) is 0 Å². The van der Waals surface area contributed by atoms with Crippen LogP contribution >= 0.6 is 11.6 Å². The maximum absolute atomic E-state index is 13.3. The number of hydrogen-bond acceptors (Lipinski definition) is 3. The topological polar surface area (TPSA) is 38.8 Å². The van der Waals surface area contributed by atoms with Crippen molar-refractivity contribution >= 4 is 17.5 Å². The molecule has 1 heterocycles. The van der Waals surface area contributed by atoms with Crippen LogP contribution in [0.25, 0.3) is 0 Å². The molecule has 0 aliphatic carbocycles. The molecular formula is C20H20ClF2NO3. The molecule has 0 N–H and O–H groups in total. The lowest BCUT2D eigenvalue weighted by molar-refractivity contribution is -0.137. The van der Waals surface area contributed by atoms with E-state index < -0.39 is 11.6 Å². The van der Waals surface area contributed by atoms with Gasteiger partial charge in [0.15, 0.2) is 18.2 Å². The molecule has 1 aliphatic rings. The standard InChI is InChI=1S/C20H20ClF2NO3/c21-15-4-6-16(7-5-15)27-13-20(25)24-9-1-2-17(11-24)26-12-14-3-8-18(22)19(23)10-14/h3-8,10,17H,1-2,9,11-13H2/t17-/m1/s1. The maximum atomic E-state index is 13.3. The summed E-state index contributed by atoms with van der Waals surface area (Å²) >= 11 is 5.82. The molecule has 0 saturated carbocycles. The molecule has 1 amide bonds. The van der Waals surface area contributed by atoms with Gasteiger partial charge in [0, 0.05) is 18.1 Å². The third kappa shape index (κ3) is 5.65. The molecule has 0 spiro atoms. The number of halogens is 3. The van der Waals surface area contributed by atoms with Crippen LogP contribution in [-0.2, 0) is 16.1 Å². The van der Waals surface area contributed by atoms with Crippen LogP contribution in [0, 0.1) is 11.6 Å². The third-order valence-corrected chi connectivity index (χ3v) is 4.63. The van der Waals surface area contributed by atoms with E-state index in [1.807, 2.05) is 0 Å². The fourth-order valence-corrected chi connectivity index (χ4v) is 3.04. The molecule has 0 bridgehead atoms. The molecule has 1 aliphatic heterocycles. The molecule has 1 fully saturated rings. The average Bonchev–Trinajstić information content (AvgIpc) is 2.68. The minimum Gasteiger partial charge on any atom is -0.484 e. The third-order valence-electron chi connectivity index (χ3n) is 4.38. The lowest BCUT2D eigenvalue weighted by atomic mass is 10.1. The molecule has 1 saturated heterocycles. The Morgan fingerprint density at radius 1 is 1.15 bits per heavy atom. The normalized spacial score (nSPS) is 17.0. The fraction of sp³-hybridized carbons (Fsp3) is 0.350. The largest absolute Gasteiger partial charge is 0.484 e. The zero-order chi connectivity index (χ0) is 19.2. The van der Waals surface area contributed by atoms with E-state index in [0.717, 1.165) is 25.0 Å². The van der Waals surface area contributed by atoms with E-state index in [1.165, 1.54) is 6.07 Å². The number of piperidine rings is 1. The number of nitrogens with zero attached hydrogens (tertiary/aromatic N) is 1. The van der Waals surface area contributed by atoms with E-state index in [0.29, 0.717) is 29.4 Å². The van der Waals surface area contributed by atoms with Crippen LogP contribution in [-0.4, -0.2) is 36.6 Å². The van der Waals surface area contributed by atoms with E-state index >= 15 is 0 Å². The molecule has 27 heavy (non-hydrogen) atoms. The highest BCUT2D eigenvalue weighted by Crippen LogP contribution is 2.18. The summed E-state index contributed by atoms with van der Waals surface area (Å²) in [7, 11) is 0. The number of amides is 1. The summed E-state index contributed by atoms with van der Waals surface area (Å²) in [5.41, 5.74) is 0.559. The van der Waals surface area contributed by atoms with Gasteiger partial charge in [-0.3, -0.25) is 4.79 Å². The van der Waals surface area contributed by atoms with Gasteiger partial charge in [-0.05, 0) is 54.8 Å². The van der Waals surface area contributed by atoms with Crippen molar-refractivity contribution in [1.29, 1.82) is 0 Å². The van der Waals surface area contributed by atoms with Gasteiger partial charge in [-0.15, -0.1) is 0 Å². The molecular weight excluding hydrogens is 376 g/mol. The number of likely N-dealkylation sites (tertiary alicyclic amines) is 1. The number of rotatable bonds is 6. The molecule has 2 aromatic rings. The zero-order valence-corrected chi connectivity index (χ0v) is 15.4. The summed E-state index contributed by atoms with van der Waals surface area (Å²) in [5.74, 6) is -1.31. The van der Waals surface area contributed by atoms with Gasteiger partial charge in [0.1, 0.15) is 5.75 Å². The second-order valence-electron chi connectivity index (χ2n) is 6.41. The predicted octanol–water partition coefficient (Wildman–Crippen LogP) is 4.20. The monoisotopic (exact) mass is 395 g/mol. The van der Waals surface area contributed by atoms with Gasteiger partial charge in [0.05, 0.1) is 12.7 Å². The Hall–Kier alpha value is -2.18. The Labute approximate surface area is 161 Å². The number of ether oxygens (including phenoxy) is 2. The lowest BCUT2D eigenvalue weighted by Crippen LogP contribution is -2.45. The molecule has 1 atom stereocenters. The van der Waals surface area contributed by atoms with Gasteiger partial charge < -0.3 is 14.4 Å². The van der Waals surface area contributed by atoms with E-state index in [9.17, 15) is 13.6 Å². The van der Waals surface area contributed by atoms with Crippen molar-refractivity contribution < 1.29 is 23.0 Å². The minimum atomic E-state index is -0.893. The predicted molar refractivity (Wildman–Crippen MR) is 97.7 cm³/mol. The second-order valence-corrected chi connectivity index (χ2v) is 6.84. The van der Waals surface area contributed by atoms with Crippen molar-refractivity contribution in [3.8, 4) is 5.75 Å². The average molecular weight is 396 g/mol.